The Morgan fingerprint density at radius 2 is 1.86 bits per heavy atom. The summed E-state index contributed by atoms with van der Waals surface area (Å²) in [5, 5.41) is 24.4. The third kappa shape index (κ3) is 7.65. The van der Waals surface area contributed by atoms with Gasteiger partial charge in [0.05, 0.1) is 28.8 Å². The van der Waals surface area contributed by atoms with Crippen LogP contribution in [-0.4, -0.2) is 60.1 Å². The van der Waals surface area contributed by atoms with Crippen LogP contribution in [0.15, 0.2) is 30.5 Å². The number of hydrogen-bond donors (Lipinski definition) is 3. The van der Waals surface area contributed by atoms with Crippen molar-refractivity contribution in [2.24, 2.45) is 0 Å². The van der Waals surface area contributed by atoms with E-state index >= 15 is 0 Å². The molecule has 0 aliphatic carbocycles. The van der Waals surface area contributed by atoms with E-state index in [9.17, 15) is 27.5 Å². The lowest BCUT2D eigenvalue weighted by atomic mass is 10.1. The molecule has 0 unspecified atom stereocenters. The van der Waals surface area contributed by atoms with Crippen molar-refractivity contribution < 1.29 is 32.6 Å². The zero-order valence-corrected chi connectivity index (χ0v) is 21.5. The molecule has 1 fully saturated rings. The second kappa shape index (κ2) is 12.0. The number of benzene rings is 1. The number of carbonyl (C=O) groups excluding carboxylic acids is 1. The Labute approximate surface area is 210 Å². The van der Waals surface area contributed by atoms with Gasteiger partial charge in [0, 0.05) is 23.3 Å². The normalized spacial score (nSPS) is 14.3. The van der Waals surface area contributed by atoms with Crippen molar-refractivity contribution in [2.45, 2.75) is 58.9 Å². The summed E-state index contributed by atoms with van der Waals surface area (Å²) in [5.74, 6) is 0.188. The number of carbonyl (C=O) groups is 1. The van der Waals surface area contributed by atoms with Crippen molar-refractivity contribution in [3.63, 3.8) is 0 Å². The molecule has 0 radical (unpaired) electrons. The predicted octanol–water partition coefficient (Wildman–Crippen LogP) is 4.61. The monoisotopic (exact) mass is 530 g/mol. The molecule has 2 aromatic heterocycles. The van der Waals surface area contributed by atoms with E-state index in [0.717, 1.165) is 29.7 Å². The van der Waals surface area contributed by atoms with Crippen LogP contribution in [0, 0.1) is 11.6 Å². The highest BCUT2D eigenvalue weighted by Crippen LogP contribution is 2.31. The molecular formula is C24H30F4N4O3S. The second-order valence-electron chi connectivity index (χ2n) is 8.82. The molecule has 3 N–H and O–H groups in total. The third-order valence-corrected chi connectivity index (χ3v) is 6.51. The van der Waals surface area contributed by atoms with E-state index in [1.165, 1.54) is 10.9 Å². The van der Waals surface area contributed by atoms with Crippen LogP contribution in [0.4, 0.5) is 17.6 Å². The van der Waals surface area contributed by atoms with Gasteiger partial charge in [-0.2, -0.15) is 25.6 Å². The number of thioether (sulfide) groups is 1. The minimum Gasteiger partial charge on any atom is -0.389 e. The average molecular weight is 531 g/mol. The van der Waals surface area contributed by atoms with Crippen LogP contribution in [-0.2, 0) is 6.54 Å². The quantitative estimate of drug-likeness (QED) is 0.417. The van der Waals surface area contributed by atoms with Gasteiger partial charge in [-0.15, -0.1) is 0 Å². The van der Waals surface area contributed by atoms with Gasteiger partial charge in [0.25, 0.3) is 5.91 Å². The fourth-order valence-corrected chi connectivity index (χ4v) is 4.31. The van der Waals surface area contributed by atoms with Gasteiger partial charge in [-0.1, -0.05) is 13.8 Å². The van der Waals surface area contributed by atoms with E-state index in [-0.39, 0.29) is 29.2 Å². The molecule has 3 aromatic rings. The third-order valence-electron chi connectivity index (χ3n) is 4.83. The summed E-state index contributed by atoms with van der Waals surface area (Å²) < 4.78 is 49.4. The van der Waals surface area contributed by atoms with Crippen LogP contribution in [0.3, 0.4) is 0 Å². The number of nitrogens with zero attached hydrogens (tertiary/aromatic N) is 3. The van der Waals surface area contributed by atoms with E-state index < -0.39 is 23.8 Å². The van der Waals surface area contributed by atoms with E-state index in [0.29, 0.717) is 16.6 Å². The molecule has 4 rings (SSSR count). The molecule has 7 nitrogen and oxygen atoms in total. The number of hydrogen-bond acceptors (Lipinski definition) is 6. The molecule has 3 heterocycles. The first kappa shape index (κ1) is 29.5. The number of amides is 1. The molecular weight excluding hydrogens is 500 g/mol. The van der Waals surface area contributed by atoms with Gasteiger partial charge < -0.3 is 15.5 Å². The fraction of sp³-hybridized carbons (Fsp3) is 0.458. The molecule has 1 aliphatic heterocycles. The fourth-order valence-electron chi connectivity index (χ4n) is 3.35. The second-order valence-corrected chi connectivity index (χ2v) is 9.81. The van der Waals surface area contributed by atoms with Crippen LogP contribution in [0.2, 0.25) is 0 Å². The maximum absolute atomic E-state index is 14.4. The van der Waals surface area contributed by atoms with Gasteiger partial charge in [0.15, 0.2) is 0 Å². The lowest BCUT2D eigenvalue weighted by molar-refractivity contribution is -0.0728. The lowest BCUT2D eigenvalue weighted by Crippen LogP contribution is -2.55. The van der Waals surface area contributed by atoms with Crippen LogP contribution in [0.5, 0.6) is 0 Å². The number of aliphatic hydroxyl groups excluding tert-OH is 1. The highest BCUT2D eigenvalue weighted by atomic mass is 32.2. The highest BCUT2D eigenvalue weighted by molar-refractivity contribution is 8.00. The number of aromatic nitrogens is 3. The number of aliphatic hydroxyl groups is 2. The molecule has 1 aliphatic rings. The Balaban J connectivity index is 0.000000694. The van der Waals surface area contributed by atoms with Crippen molar-refractivity contribution >= 4 is 28.7 Å². The average Bonchev–Trinajstić information content (AvgIpc) is 3.11. The molecule has 0 spiro atoms. The topological polar surface area (TPSA) is 100 Å². The number of rotatable bonds is 5. The molecule has 1 amide bonds. The van der Waals surface area contributed by atoms with Crippen LogP contribution < -0.4 is 5.32 Å². The molecule has 0 saturated carbocycles. The van der Waals surface area contributed by atoms with Crippen molar-refractivity contribution in [3.8, 4) is 11.3 Å². The Hall–Kier alpha value is -2.70. The minimum absolute atomic E-state index is 0.0294. The maximum atomic E-state index is 14.4. The molecule has 12 heteroatoms. The van der Waals surface area contributed by atoms with E-state index in [4.69, 9.17) is 5.11 Å². The van der Waals surface area contributed by atoms with E-state index in [2.05, 4.69) is 15.4 Å². The van der Waals surface area contributed by atoms with E-state index in [1.54, 1.807) is 31.7 Å². The number of pyridine rings is 1. The SMILES string of the molecule is CC.CC(C)(O)Cn1nc(-c2cc(F)ccc2F)c2ncc(C(=O)NC3(C)CSC3)cc21.OC(F)F. The lowest BCUT2D eigenvalue weighted by Gasteiger charge is -2.38. The summed E-state index contributed by atoms with van der Waals surface area (Å²) in [6.45, 7) is 6.13. The Kier molecular flexibility index (Phi) is 9.86. The molecule has 0 atom stereocenters. The van der Waals surface area contributed by atoms with Crippen LogP contribution in [0.25, 0.3) is 22.3 Å². The van der Waals surface area contributed by atoms with Crippen molar-refractivity contribution in [2.75, 3.05) is 11.5 Å². The van der Waals surface area contributed by atoms with Gasteiger partial charge in [-0.3, -0.25) is 14.5 Å². The van der Waals surface area contributed by atoms with E-state index in [1.807, 2.05) is 20.8 Å². The molecule has 1 aromatic carbocycles. The summed E-state index contributed by atoms with van der Waals surface area (Å²) in [5.41, 5.74) is -0.129. The highest BCUT2D eigenvalue weighted by Gasteiger charge is 2.34. The zero-order valence-electron chi connectivity index (χ0n) is 20.6. The first-order valence-electron chi connectivity index (χ1n) is 11.2. The van der Waals surface area contributed by atoms with Gasteiger partial charge in [-0.05, 0) is 45.0 Å². The first-order valence-corrected chi connectivity index (χ1v) is 12.3. The van der Waals surface area contributed by atoms with Crippen LogP contribution in [0.1, 0.15) is 45.0 Å². The molecule has 0 bridgehead atoms. The molecule has 198 valence electrons. The minimum atomic E-state index is -3.17. The van der Waals surface area contributed by atoms with Gasteiger partial charge in [0.2, 0.25) is 0 Å². The summed E-state index contributed by atoms with van der Waals surface area (Å²) in [7, 11) is 0. The van der Waals surface area contributed by atoms with Gasteiger partial charge in [-0.25, -0.2) is 8.78 Å². The number of alkyl halides is 2. The number of fused-ring (bicyclic) bond motifs is 1. The Bertz CT molecular complexity index is 1190. The smallest absolute Gasteiger partial charge is 0.342 e. The van der Waals surface area contributed by atoms with Gasteiger partial charge in [0.1, 0.15) is 22.8 Å². The predicted molar refractivity (Wildman–Crippen MR) is 132 cm³/mol. The summed E-state index contributed by atoms with van der Waals surface area (Å²) in [4.78, 5) is 17.1. The van der Waals surface area contributed by atoms with Crippen molar-refractivity contribution in [1.82, 2.24) is 20.1 Å². The van der Waals surface area contributed by atoms with Gasteiger partial charge >= 0.3 is 6.61 Å². The van der Waals surface area contributed by atoms with Crippen molar-refractivity contribution in [1.29, 1.82) is 0 Å². The zero-order chi connectivity index (χ0) is 27.3. The molecule has 1 saturated heterocycles. The largest absolute Gasteiger partial charge is 0.389 e. The standard InChI is InChI=1S/C21H22F2N4O2S.C2H6.CH2F2O/c1-20(2,29)9-27-16-6-12(19(28)25-21(3)10-30-11-21)8-24-18(16)17(26-27)14-7-13(22)4-5-15(14)23;1-2;2-1(3)4/h4-8,29H,9-11H2,1-3H3,(H,25,28);1-2H3;1,4H. The molecule has 36 heavy (non-hydrogen) atoms. The first-order chi connectivity index (χ1) is 16.8. The Morgan fingerprint density at radius 3 is 2.39 bits per heavy atom. The summed E-state index contributed by atoms with van der Waals surface area (Å²) in [6.07, 6.45) is 1.41. The van der Waals surface area contributed by atoms with Crippen molar-refractivity contribution in [3.05, 3.63) is 47.7 Å². The number of nitrogens with one attached hydrogen (secondary N) is 1. The van der Waals surface area contributed by atoms with Crippen LogP contribution >= 0.6 is 11.8 Å². The summed E-state index contributed by atoms with van der Waals surface area (Å²) >= 11 is 1.76. The summed E-state index contributed by atoms with van der Waals surface area (Å²) in [6, 6.07) is 4.74. The number of halogens is 4. The Morgan fingerprint density at radius 1 is 1.25 bits per heavy atom. The maximum Gasteiger partial charge on any atom is 0.342 e.